The summed E-state index contributed by atoms with van der Waals surface area (Å²) in [5.41, 5.74) is 7.59. The largest absolute Gasteiger partial charge is 0.378 e. The molecule has 1 saturated heterocycles. The molecule has 1 aromatic rings. The third-order valence-corrected chi connectivity index (χ3v) is 3.77. The van der Waals surface area contributed by atoms with E-state index in [2.05, 4.69) is 0 Å². The number of hydrogen-bond acceptors (Lipinski definition) is 3. The van der Waals surface area contributed by atoms with Crippen LogP contribution in [0.2, 0.25) is 0 Å². The second-order valence-corrected chi connectivity index (χ2v) is 5.33. The summed E-state index contributed by atoms with van der Waals surface area (Å²) >= 11 is 0. The van der Waals surface area contributed by atoms with Gasteiger partial charge in [0.1, 0.15) is 0 Å². The molecule has 2 rings (SSSR count). The molecule has 0 aliphatic carbocycles. The van der Waals surface area contributed by atoms with Crippen molar-refractivity contribution in [1.82, 2.24) is 4.90 Å². The Morgan fingerprint density at radius 2 is 2.21 bits per heavy atom. The van der Waals surface area contributed by atoms with Gasteiger partial charge in [0.05, 0.1) is 0 Å². The van der Waals surface area contributed by atoms with Gasteiger partial charge in [-0.2, -0.15) is 0 Å². The summed E-state index contributed by atoms with van der Waals surface area (Å²) in [6.45, 7) is 1.38. The van der Waals surface area contributed by atoms with Gasteiger partial charge < -0.3 is 15.5 Å². The summed E-state index contributed by atoms with van der Waals surface area (Å²) < 4.78 is 0. The van der Waals surface area contributed by atoms with Gasteiger partial charge in [-0.05, 0) is 37.5 Å². The van der Waals surface area contributed by atoms with Gasteiger partial charge in [-0.25, -0.2) is 0 Å². The average molecular weight is 261 g/mol. The topological polar surface area (TPSA) is 49.6 Å². The highest BCUT2D eigenvalue weighted by Gasteiger charge is 2.26. The lowest BCUT2D eigenvalue weighted by Crippen LogP contribution is -2.47. The van der Waals surface area contributed by atoms with E-state index in [-0.39, 0.29) is 11.9 Å². The monoisotopic (exact) mass is 261 g/mol. The minimum Gasteiger partial charge on any atom is -0.378 e. The van der Waals surface area contributed by atoms with Crippen molar-refractivity contribution in [3.05, 3.63) is 29.8 Å². The van der Waals surface area contributed by atoms with Gasteiger partial charge in [-0.1, -0.05) is 6.07 Å². The zero-order chi connectivity index (χ0) is 13.8. The van der Waals surface area contributed by atoms with Gasteiger partial charge in [-0.15, -0.1) is 0 Å². The van der Waals surface area contributed by atoms with Crippen LogP contribution in [0.15, 0.2) is 24.3 Å². The van der Waals surface area contributed by atoms with Gasteiger partial charge in [0.15, 0.2) is 0 Å². The molecule has 1 amide bonds. The Kier molecular flexibility index (Phi) is 4.43. The summed E-state index contributed by atoms with van der Waals surface area (Å²) in [6.07, 6.45) is 3.27. The van der Waals surface area contributed by atoms with Crippen LogP contribution >= 0.6 is 0 Å². The summed E-state index contributed by atoms with van der Waals surface area (Å²) in [6, 6.07) is 7.98. The van der Waals surface area contributed by atoms with Crippen LogP contribution in [0.3, 0.4) is 0 Å². The van der Waals surface area contributed by atoms with Crippen LogP contribution in [0.1, 0.15) is 29.6 Å². The van der Waals surface area contributed by atoms with Crippen molar-refractivity contribution in [3.8, 4) is 0 Å². The Hall–Kier alpha value is -1.55. The fourth-order valence-electron chi connectivity index (χ4n) is 2.60. The van der Waals surface area contributed by atoms with E-state index < -0.39 is 0 Å². The number of amides is 1. The number of nitrogens with two attached hydrogens (primary N) is 1. The second-order valence-electron chi connectivity index (χ2n) is 5.33. The molecule has 0 spiro atoms. The second kappa shape index (κ2) is 6.06. The lowest BCUT2D eigenvalue weighted by molar-refractivity contribution is 0.0623. The molecular formula is C15H23N3O. The van der Waals surface area contributed by atoms with E-state index >= 15 is 0 Å². The molecule has 1 fully saturated rings. The number of anilines is 1. The van der Waals surface area contributed by atoms with Crippen LogP contribution in [-0.2, 0) is 0 Å². The Balaban J connectivity index is 2.20. The minimum absolute atomic E-state index is 0.110. The minimum atomic E-state index is 0.110. The van der Waals surface area contributed by atoms with Crippen LogP contribution in [0.25, 0.3) is 0 Å². The smallest absolute Gasteiger partial charge is 0.254 e. The van der Waals surface area contributed by atoms with Gasteiger partial charge in [0, 0.05) is 44.5 Å². The van der Waals surface area contributed by atoms with Gasteiger partial charge in [-0.3, -0.25) is 4.79 Å². The van der Waals surface area contributed by atoms with Gasteiger partial charge in [0.2, 0.25) is 0 Å². The summed E-state index contributed by atoms with van der Waals surface area (Å²) in [5, 5.41) is 0. The third kappa shape index (κ3) is 3.07. The number of rotatable bonds is 3. The van der Waals surface area contributed by atoms with E-state index in [0.29, 0.717) is 6.54 Å². The molecule has 1 heterocycles. The SMILES string of the molecule is CN(C)c1cccc(C(=O)N2CCCCC2CN)c1. The Bertz CT molecular complexity index is 445. The molecule has 0 saturated carbocycles. The average Bonchev–Trinajstić information content (AvgIpc) is 2.46. The van der Waals surface area contributed by atoms with Crippen LogP contribution in [0, 0.1) is 0 Å². The first-order valence-electron chi connectivity index (χ1n) is 6.92. The Morgan fingerprint density at radius 1 is 1.42 bits per heavy atom. The molecular weight excluding hydrogens is 238 g/mol. The van der Waals surface area contributed by atoms with Crippen molar-refractivity contribution >= 4 is 11.6 Å². The van der Waals surface area contributed by atoms with Crippen molar-refractivity contribution in [2.24, 2.45) is 5.73 Å². The molecule has 1 aromatic carbocycles. The third-order valence-electron chi connectivity index (χ3n) is 3.77. The Morgan fingerprint density at radius 3 is 2.89 bits per heavy atom. The van der Waals surface area contributed by atoms with E-state index in [1.165, 1.54) is 6.42 Å². The standard InChI is InChI=1S/C15H23N3O/c1-17(2)13-8-5-6-12(10-13)15(19)18-9-4-3-7-14(18)11-16/h5-6,8,10,14H,3-4,7,9,11,16H2,1-2H3. The molecule has 1 aliphatic heterocycles. The molecule has 0 bridgehead atoms. The highest BCUT2D eigenvalue weighted by molar-refractivity contribution is 5.95. The summed E-state index contributed by atoms with van der Waals surface area (Å²) in [5.74, 6) is 0.110. The molecule has 4 nitrogen and oxygen atoms in total. The first kappa shape index (κ1) is 13.9. The number of hydrogen-bond donors (Lipinski definition) is 1. The molecule has 1 aliphatic rings. The van der Waals surface area contributed by atoms with Crippen LogP contribution in [0.5, 0.6) is 0 Å². The zero-order valence-corrected chi connectivity index (χ0v) is 11.8. The molecule has 4 heteroatoms. The van der Waals surface area contributed by atoms with Crippen molar-refractivity contribution in [2.45, 2.75) is 25.3 Å². The Labute approximate surface area is 115 Å². The van der Waals surface area contributed by atoms with E-state index in [0.717, 1.165) is 30.6 Å². The van der Waals surface area contributed by atoms with Gasteiger partial charge >= 0.3 is 0 Å². The maximum Gasteiger partial charge on any atom is 0.254 e. The number of benzene rings is 1. The van der Waals surface area contributed by atoms with E-state index in [1.807, 2.05) is 48.2 Å². The maximum atomic E-state index is 12.6. The molecule has 19 heavy (non-hydrogen) atoms. The van der Waals surface area contributed by atoms with Crippen LogP contribution in [-0.4, -0.2) is 44.0 Å². The lowest BCUT2D eigenvalue weighted by Gasteiger charge is -2.35. The van der Waals surface area contributed by atoms with Crippen LogP contribution < -0.4 is 10.6 Å². The van der Waals surface area contributed by atoms with E-state index in [1.54, 1.807) is 0 Å². The number of piperidine rings is 1. The van der Waals surface area contributed by atoms with E-state index in [4.69, 9.17) is 5.73 Å². The van der Waals surface area contributed by atoms with Crippen molar-refractivity contribution in [3.63, 3.8) is 0 Å². The molecule has 104 valence electrons. The van der Waals surface area contributed by atoms with E-state index in [9.17, 15) is 4.79 Å². The summed E-state index contributed by atoms with van der Waals surface area (Å²) in [4.78, 5) is 16.5. The lowest BCUT2D eigenvalue weighted by atomic mass is 10.0. The fourth-order valence-corrected chi connectivity index (χ4v) is 2.60. The molecule has 2 N–H and O–H groups in total. The first-order valence-corrected chi connectivity index (χ1v) is 6.92. The maximum absolute atomic E-state index is 12.6. The van der Waals surface area contributed by atoms with Gasteiger partial charge in [0.25, 0.3) is 5.91 Å². The molecule has 1 atom stereocenters. The predicted octanol–water partition coefficient (Wildman–Crippen LogP) is 1.71. The summed E-state index contributed by atoms with van der Waals surface area (Å²) in [7, 11) is 3.96. The molecule has 0 aromatic heterocycles. The fraction of sp³-hybridized carbons (Fsp3) is 0.533. The van der Waals surface area contributed by atoms with Crippen molar-refractivity contribution < 1.29 is 4.79 Å². The van der Waals surface area contributed by atoms with Crippen molar-refractivity contribution in [1.29, 1.82) is 0 Å². The number of likely N-dealkylation sites (tertiary alicyclic amines) is 1. The zero-order valence-electron chi connectivity index (χ0n) is 11.8. The molecule has 0 radical (unpaired) electrons. The quantitative estimate of drug-likeness (QED) is 0.901. The highest BCUT2D eigenvalue weighted by atomic mass is 16.2. The van der Waals surface area contributed by atoms with Crippen LogP contribution in [0.4, 0.5) is 5.69 Å². The van der Waals surface area contributed by atoms with Crippen molar-refractivity contribution in [2.75, 3.05) is 32.1 Å². The normalized spacial score (nSPS) is 19.3. The predicted molar refractivity (Wildman–Crippen MR) is 78.5 cm³/mol. The molecule has 1 unspecified atom stereocenters. The number of carbonyl (C=O) groups is 1. The highest BCUT2D eigenvalue weighted by Crippen LogP contribution is 2.21. The number of nitrogens with zero attached hydrogens (tertiary/aromatic N) is 2. The number of carbonyl (C=O) groups excluding carboxylic acids is 1. The first-order chi connectivity index (χ1) is 9.13.